The molecule has 4 aromatic rings. The second-order valence-electron chi connectivity index (χ2n) is 6.83. The lowest BCUT2D eigenvalue weighted by Gasteiger charge is -2.05. The third-order valence-corrected chi connectivity index (χ3v) is 5.01. The summed E-state index contributed by atoms with van der Waals surface area (Å²) in [6, 6.07) is 24.9. The van der Waals surface area contributed by atoms with Gasteiger partial charge >= 0.3 is 0 Å². The van der Waals surface area contributed by atoms with Crippen LogP contribution in [0.4, 0.5) is 5.69 Å². The van der Waals surface area contributed by atoms with Crippen LogP contribution < -0.4 is 5.56 Å². The number of aryl methyl sites for hydroxylation is 1. The van der Waals surface area contributed by atoms with Crippen molar-refractivity contribution in [3.05, 3.63) is 105 Å². The number of H-pyrrole nitrogens is 1. The first-order valence-corrected chi connectivity index (χ1v) is 9.70. The van der Waals surface area contributed by atoms with E-state index in [-0.39, 0.29) is 5.56 Å². The lowest BCUT2D eigenvalue weighted by atomic mass is 10.1. The number of aromatic nitrogens is 2. The minimum Gasteiger partial charge on any atom is -0.290 e. The Kier molecular flexibility index (Phi) is 5.19. The Balaban J connectivity index is 1.93. The second-order valence-corrected chi connectivity index (χ2v) is 7.27. The van der Waals surface area contributed by atoms with Gasteiger partial charge < -0.3 is 0 Å². The van der Waals surface area contributed by atoms with Crippen molar-refractivity contribution >= 4 is 23.0 Å². The molecule has 3 aromatic carbocycles. The lowest BCUT2D eigenvalue weighted by Crippen LogP contribution is -2.19. The van der Waals surface area contributed by atoms with E-state index in [0.29, 0.717) is 16.3 Å². The Morgan fingerprint density at radius 1 is 0.966 bits per heavy atom. The number of aromatic amines is 1. The Labute approximate surface area is 174 Å². The zero-order valence-corrected chi connectivity index (χ0v) is 16.9. The van der Waals surface area contributed by atoms with E-state index in [1.807, 2.05) is 86.6 Å². The first-order valence-electron chi connectivity index (χ1n) is 9.32. The number of para-hydroxylation sites is 1. The van der Waals surface area contributed by atoms with Crippen LogP contribution in [0.5, 0.6) is 0 Å². The van der Waals surface area contributed by atoms with Crippen LogP contribution in [0.25, 0.3) is 16.9 Å². The van der Waals surface area contributed by atoms with E-state index in [1.54, 1.807) is 10.7 Å². The molecule has 0 spiro atoms. The van der Waals surface area contributed by atoms with Crippen LogP contribution in [-0.4, -0.2) is 15.5 Å². The van der Waals surface area contributed by atoms with E-state index in [0.717, 1.165) is 28.2 Å². The number of hydrogen-bond donors (Lipinski definition) is 1. The lowest BCUT2D eigenvalue weighted by molar-refractivity contribution is 0.852. The zero-order valence-electron chi connectivity index (χ0n) is 16.2. The number of benzene rings is 3. The molecule has 1 heterocycles. The molecule has 144 valence electrons. The third-order valence-electron chi connectivity index (χ3n) is 4.78. The second kappa shape index (κ2) is 7.94. The van der Waals surface area contributed by atoms with E-state index in [4.69, 9.17) is 16.6 Å². The number of nitrogens with one attached hydrogen (secondary N) is 1. The summed E-state index contributed by atoms with van der Waals surface area (Å²) in [7, 11) is 0. The molecular formula is C24H20ClN3O. The molecule has 29 heavy (non-hydrogen) atoms. The molecule has 0 fully saturated rings. The molecule has 1 N–H and O–H groups in total. The third kappa shape index (κ3) is 3.80. The smallest absolute Gasteiger partial charge is 0.280 e. The zero-order chi connectivity index (χ0) is 20.4. The van der Waals surface area contributed by atoms with Crippen LogP contribution in [0.2, 0.25) is 5.02 Å². The highest BCUT2D eigenvalue weighted by Gasteiger charge is 2.19. The van der Waals surface area contributed by atoms with Crippen LogP contribution >= 0.6 is 11.6 Å². The van der Waals surface area contributed by atoms with Gasteiger partial charge in [-0.15, -0.1) is 0 Å². The van der Waals surface area contributed by atoms with E-state index < -0.39 is 0 Å². The fourth-order valence-corrected chi connectivity index (χ4v) is 3.55. The van der Waals surface area contributed by atoms with Crippen LogP contribution in [0.15, 0.2) is 88.6 Å². The highest BCUT2D eigenvalue weighted by molar-refractivity contribution is 6.30. The predicted molar refractivity (Wildman–Crippen MR) is 120 cm³/mol. The molecule has 0 aliphatic rings. The summed E-state index contributed by atoms with van der Waals surface area (Å²) in [5, 5.41) is 3.94. The van der Waals surface area contributed by atoms with Crippen LogP contribution in [-0.2, 0) is 0 Å². The fourth-order valence-electron chi connectivity index (χ4n) is 3.33. The maximum Gasteiger partial charge on any atom is 0.280 e. The first kappa shape index (κ1) is 19.0. The minimum absolute atomic E-state index is 0.136. The SMILES string of the molecule is CC(=Nc1ccc(Cl)cc1C)c1c(-c2ccccc2)[nH]n(-c2ccccc2)c1=O. The Morgan fingerprint density at radius 3 is 2.28 bits per heavy atom. The molecule has 4 rings (SSSR count). The van der Waals surface area contributed by atoms with Gasteiger partial charge in [-0.25, -0.2) is 4.68 Å². The number of aliphatic imine (C=N–C) groups is 1. The Hall–Kier alpha value is -3.37. The molecule has 0 aliphatic heterocycles. The van der Waals surface area contributed by atoms with Gasteiger partial charge in [-0.05, 0) is 49.7 Å². The summed E-state index contributed by atoms with van der Waals surface area (Å²) in [5.74, 6) is 0. The van der Waals surface area contributed by atoms with Gasteiger partial charge in [-0.2, -0.15) is 0 Å². The van der Waals surface area contributed by atoms with Gasteiger partial charge in [0.1, 0.15) is 0 Å². The van der Waals surface area contributed by atoms with Crippen LogP contribution in [0, 0.1) is 6.92 Å². The van der Waals surface area contributed by atoms with Crippen LogP contribution in [0.1, 0.15) is 18.1 Å². The van der Waals surface area contributed by atoms with Gasteiger partial charge in [0.2, 0.25) is 0 Å². The van der Waals surface area contributed by atoms with Crippen molar-refractivity contribution in [3.63, 3.8) is 0 Å². The summed E-state index contributed by atoms with van der Waals surface area (Å²) in [6.07, 6.45) is 0. The Bertz CT molecular complexity index is 1240. The summed E-state index contributed by atoms with van der Waals surface area (Å²) in [5.41, 5.74) is 5.25. The van der Waals surface area contributed by atoms with E-state index in [1.165, 1.54) is 0 Å². The maximum atomic E-state index is 13.4. The largest absolute Gasteiger partial charge is 0.290 e. The average molecular weight is 402 g/mol. The number of halogens is 1. The molecule has 5 heteroatoms. The highest BCUT2D eigenvalue weighted by atomic mass is 35.5. The first-order chi connectivity index (χ1) is 14.0. The molecule has 0 radical (unpaired) electrons. The predicted octanol–water partition coefficient (Wildman–Crippen LogP) is 5.94. The van der Waals surface area contributed by atoms with Gasteiger partial charge in [0.25, 0.3) is 5.56 Å². The van der Waals surface area contributed by atoms with Crippen molar-refractivity contribution in [2.24, 2.45) is 4.99 Å². The maximum absolute atomic E-state index is 13.4. The standard InChI is InChI=1S/C24H20ClN3O/c1-16-15-19(25)13-14-21(16)26-17(2)22-23(18-9-5-3-6-10-18)27-28(24(22)29)20-11-7-4-8-12-20/h3-15,27H,1-2H3. The van der Waals surface area contributed by atoms with Gasteiger partial charge in [0, 0.05) is 10.6 Å². The fraction of sp³-hybridized carbons (Fsp3) is 0.0833. The highest BCUT2D eigenvalue weighted by Crippen LogP contribution is 2.26. The number of hydrogen-bond acceptors (Lipinski definition) is 2. The molecule has 0 atom stereocenters. The van der Waals surface area contributed by atoms with Crippen molar-refractivity contribution in [1.82, 2.24) is 9.78 Å². The van der Waals surface area contributed by atoms with Crippen LogP contribution in [0.3, 0.4) is 0 Å². The van der Waals surface area contributed by atoms with Gasteiger partial charge in [-0.3, -0.25) is 14.9 Å². The molecule has 0 amide bonds. The number of nitrogens with zero attached hydrogens (tertiary/aromatic N) is 2. The molecule has 0 saturated heterocycles. The van der Waals surface area contributed by atoms with Crippen molar-refractivity contribution in [3.8, 4) is 16.9 Å². The molecule has 0 aliphatic carbocycles. The van der Waals surface area contributed by atoms with Gasteiger partial charge in [0.15, 0.2) is 0 Å². The minimum atomic E-state index is -0.136. The summed E-state index contributed by atoms with van der Waals surface area (Å²) < 4.78 is 1.56. The van der Waals surface area contributed by atoms with E-state index >= 15 is 0 Å². The molecular weight excluding hydrogens is 382 g/mol. The van der Waals surface area contributed by atoms with Gasteiger partial charge in [0.05, 0.1) is 28.3 Å². The van der Waals surface area contributed by atoms with E-state index in [9.17, 15) is 4.79 Å². The molecule has 1 aromatic heterocycles. The average Bonchev–Trinajstić information content (AvgIpc) is 3.08. The summed E-state index contributed by atoms with van der Waals surface area (Å²) in [6.45, 7) is 3.82. The van der Waals surface area contributed by atoms with Crippen molar-refractivity contribution < 1.29 is 0 Å². The molecule has 0 unspecified atom stereocenters. The molecule has 0 bridgehead atoms. The monoisotopic (exact) mass is 401 g/mol. The Morgan fingerprint density at radius 2 is 1.62 bits per heavy atom. The normalized spacial score (nSPS) is 11.6. The van der Waals surface area contributed by atoms with Gasteiger partial charge in [-0.1, -0.05) is 60.1 Å². The molecule has 4 nitrogen and oxygen atoms in total. The van der Waals surface area contributed by atoms with Crippen molar-refractivity contribution in [2.45, 2.75) is 13.8 Å². The summed E-state index contributed by atoms with van der Waals surface area (Å²) >= 11 is 6.07. The molecule has 0 saturated carbocycles. The quantitative estimate of drug-likeness (QED) is 0.423. The topological polar surface area (TPSA) is 50.1 Å². The van der Waals surface area contributed by atoms with Crippen molar-refractivity contribution in [2.75, 3.05) is 0 Å². The summed E-state index contributed by atoms with van der Waals surface area (Å²) in [4.78, 5) is 18.1. The number of rotatable bonds is 4. The van der Waals surface area contributed by atoms with Crippen molar-refractivity contribution in [1.29, 1.82) is 0 Å². The van der Waals surface area contributed by atoms with E-state index in [2.05, 4.69) is 5.10 Å².